The van der Waals surface area contributed by atoms with Crippen molar-refractivity contribution >= 4 is 35.3 Å². The van der Waals surface area contributed by atoms with Gasteiger partial charge < -0.3 is 24.1 Å². The number of hydrogen-bond donors (Lipinski definition) is 1. The summed E-state index contributed by atoms with van der Waals surface area (Å²) in [7, 11) is 2.46. The highest BCUT2D eigenvalue weighted by Crippen LogP contribution is 2.26. The maximum Gasteiger partial charge on any atom is 0.337 e. The number of esters is 2. The predicted octanol–water partition coefficient (Wildman–Crippen LogP) is 4.45. The van der Waals surface area contributed by atoms with Crippen molar-refractivity contribution in [3.8, 4) is 17.1 Å². The fourth-order valence-electron chi connectivity index (χ4n) is 3.43. The van der Waals surface area contributed by atoms with Crippen LogP contribution in [0.1, 0.15) is 47.4 Å². The fraction of sp³-hybridized carbons (Fsp3) is 0.346. The van der Waals surface area contributed by atoms with E-state index in [4.69, 9.17) is 14.2 Å². The van der Waals surface area contributed by atoms with Crippen molar-refractivity contribution in [3.63, 3.8) is 0 Å². The second kappa shape index (κ2) is 13.4. The van der Waals surface area contributed by atoms with Crippen LogP contribution < -0.4 is 10.1 Å². The average molecular weight is 527 g/mol. The molecule has 10 nitrogen and oxygen atoms in total. The zero-order chi connectivity index (χ0) is 26.8. The number of ether oxygens (including phenoxy) is 3. The monoisotopic (exact) mass is 526 g/mol. The summed E-state index contributed by atoms with van der Waals surface area (Å²) in [5, 5.41) is 11.9. The molecule has 1 N–H and O–H groups in total. The summed E-state index contributed by atoms with van der Waals surface area (Å²) < 4.78 is 17.1. The Labute approximate surface area is 219 Å². The Morgan fingerprint density at radius 2 is 1.59 bits per heavy atom. The first-order valence-corrected chi connectivity index (χ1v) is 12.8. The molecule has 0 aliphatic heterocycles. The van der Waals surface area contributed by atoms with Gasteiger partial charge in [0.05, 0.1) is 37.7 Å². The van der Waals surface area contributed by atoms with Crippen molar-refractivity contribution in [3.05, 3.63) is 53.6 Å². The van der Waals surface area contributed by atoms with E-state index in [2.05, 4.69) is 22.4 Å². The molecule has 2 aromatic carbocycles. The number of carbonyl (C=O) groups excluding carboxylic acids is 3. The number of hydrogen-bond acceptors (Lipinski definition) is 9. The van der Waals surface area contributed by atoms with Crippen LogP contribution in [0.15, 0.2) is 47.6 Å². The SMILES string of the molecule is CCCCOc1ccc(-c2nnc(SCC(=O)Nc3cc(C(=O)OC)cc(C(=O)OC)c3)n2CC)cc1. The van der Waals surface area contributed by atoms with Gasteiger partial charge in [0.25, 0.3) is 0 Å². The van der Waals surface area contributed by atoms with E-state index in [1.54, 1.807) is 0 Å². The predicted molar refractivity (Wildman–Crippen MR) is 140 cm³/mol. The molecule has 11 heteroatoms. The van der Waals surface area contributed by atoms with Gasteiger partial charge in [0.15, 0.2) is 11.0 Å². The third-order valence-electron chi connectivity index (χ3n) is 5.30. The molecule has 1 amide bonds. The first kappa shape index (κ1) is 27.7. The number of thioether (sulfide) groups is 1. The van der Waals surface area contributed by atoms with Crippen molar-refractivity contribution in [1.29, 1.82) is 0 Å². The van der Waals surface area contributed by atoms with Crippen LogP contribution in [0.25, 0.3) is 11.4 Å². The number of nitrogens with zero attached hydrogens (tertiary/aromatic N) is 3. The number of carbonyl (C=O) groups is 3. The Morgan fingerprint density at radius 1 is 0.946 bits per heavy atom. The van der Waals surface area contributed by atoms with Crippen LogP contribution in [0.3, 0.4) is 0 Å². The molecule has 0 atom stereocenters. The molecule has 0 aliphatic rings. The van der Waals surface area contributed by atoms with Crippen LogP contribution in [-0.4, -0.2) is 59.2 Å². The average Bonchev–Trinajstić information content (AvgIpc) is 3.34. The van der Waals surface area contributed by atoms with Crippen LogP contribution in [0.4, 0.5) is 5.69 Å². The van der Waals surface area contributed by atoms with E-state index in [0.717, 1.165) is 24.2 Å². The summed E-state index contributed by atoms with van der Waals surface area (Å²) in [6.45, 7) is 5.39. The Morgan fingerprint density at radius 3 is 2.16 bits per heavy atom. The molecule has 0 saturated heterocycles. The van der Waals surface area contributed by atoms with E-state index in [0.29, 0.717) is 24.1 Å². The van der Waals surface area contributed by atoms with Crippen LogP contribution in [0, 0.1) is 0 Å². The van der Waals surface area contributed by atoms with Crippen molar-refractivity contribution in [2.45, 2.75) is 38.4 Å². The van der Waals surface area contributed by atoms with E-state index in [-0.39, 0.29) is 28.5 Å². The van der Waals surface area contributed by atoms with Crippen LogP contribution in [0.2, 0.25) is 0 Å². The molecule has 0 bridgehead atoms. The molecule has 0 aliphatic carbocycles. The topological polar surface area (TPSA) is 122 Å². The zero-order valence-electron chi connectivity index (χ0n) is 21.3. The van der Waals surface area contributed by atoms with Crippen molar-refractivity contribution in [2.75, 3.05) is 31.9 Å². The summed E-state index contributed by atoms with van der Waals surface area (Å²) in [6.07, 6.45) is 2.08. The number of methoxy groups -OCH3 is 2. The molecule has 0 saturated carbocycles. The Kier molecular flexibility index (Phi) is 10.1. The van der Waals surface area contributed by atoms with Gasteiger partial charge in [-0.15, -0.1) is 10.2 Å². The van der Waals surface area contributed by atoms with Gasteiger partial charge in [0.2, 0.25) is 5.91 Å². The Balaban J connectivity index is 1.69. The lowest BCUT2D eigenvalue weighted by molar-refractivity contribution is -0.113. The number of benzene rings is 2. The first-order valence-electron chi connectivity index (χ1n) is 11.8. The van der Waals surface area contributed by atoms with Crippen LogP contribution >= 0.6 is 11.8 Å². The molecule has 1 aromatic heterocycles. The summed E-state index contributed by atoms with van der Waals surface area (Å²) in [5.74, 6) is -0.0851. The van der Waals surface area contributed by atoms with Gasteiger partial charge in [-0.2, -0.15) is 0 Å². The van der Waals surface area contributed by atoms with Crippen molar-refractivity contribution in [1.82, 2.24) is 14.8 Å². The summed E-state index contributed by atoms with van der Waals surface area (Å²) in [4.78, 5) is 36.6. The molecule has 0 spiro atoms. The summed E-state index contributed by atoms with van der Waals surface area (Å²) >= 11 is 1.23. The highest BCUT2D eigenvalue weighted by atomic mass is 32.2. The van der Waals surface area contributed by atoms with E-state index in [9.17, 15) is 14.4 Å². The highest BCUT2D eigenvalue weighted by Gasteiger charge is 2.17. The minimum Gasteiger partial charge on any atom is -0.494 e. The number of anilines is 1. The summed E-state index contributed by atoms with van der Waals surface area (Å²) in [6, 6.07) is 11.9. The quantitative estimate of drug-likeness (QED) is 0.207. The third-order valence-corrected chi connectivity index (χ3v) is 6.27. The molecule has 3 rings (SSSR count). The second-order valence-corrected chi connectivity index (χ2v) is 8.84. The molecule has 3 aromatic rings. The number of aromatic nitrogens is 3. The van der Waals surface area contributed by atoms with Crippen molar-refractivity contribution in [2.24, 2.45) is 0 Å². The normalized spacial score (nSPS) is 10.6. The fourth-order valence-corrected chi connectivity index (χ4v) is 4.23. The van der Waals surface area contributed by atoms with Gasteiger partial charge in [-0.3, -0.25) is 4.79 Å². The zero-order valence-corrected chi connectivity index (χ0v) is 22.1. The van der Waals surface area contributed by atoms with Gasteiger partial charge in [-0.1, -0.05) is 25.1 Å². The lowest BCUT2D eigenvalue weighted by Crippen LogP contribution is -2.16. The second-order valence-electron chi connectivity index (χ2n) is 7.90. The van der Waals surface area contributed by atoms with E-state index in [1.165, 1.54) is 44.2 Å². The number of amides is 1. The number of nitrogens with one attached hydrogen (secondary N) is 1. The molecule has 0 fully saturated rings. The Bertz CT molecular complexity index is 1210. The molecule has 196 valence electrons. The van der Waals surface area contributed by atoms with E-state index < -0.39 is 11.9 Å². The first-order chi connectivity index (χ1) is 17.9. The molecule has 0 radical (unpaired) electrons. The molecule has 1 heterocycles. The van der Waals surface area contributed by atoms with E-state index in [1.807, 2.05) is 35.8 Å². The van der Waals surface area contributed by atoms with Gasteiger partial charge in [0.1, 0.15) is 5.75 Å². The standard InChI is InChI=1S/C26H30N4O6S/c1-5-7-12-36-21-10-8-17(9-11-21)23-28-29-26(30(23)6-2)37-16-22(31)27-20-14-18(24(32)34-3)13-19(15-20)25(33)35-4/h8-11,13-15H,5-7,12,16H2,1-4H3,(H,27,31). The van der Waals surface area contributed by atoms with E-state index >= 15 is 0 Å². The van der Waals surface area contributed by atoms with Crippen LogP contribution in [0.5, 0.6) is 5.75 Å². The van der Waals surface area contributed by atoms with Gasteiger partial charge in [0, 0.05) is 17.8 Å². The van der Waals surface area contributed by atoms with Crippen LogP contribution in [-0.2, 0) is 20.8 Å². The van der Waals surface area contributed by atoms with Gasteiger partial charge >= 0.3 is 11.9 Å². The third kappa shape index (κ3) is 7.32. The minimum absolute atomic E-state index is 0.0400. The van der Waals surface area contributed by atoms with Gasteiger partial charge in [-0.05, 0) is 55.8 Å². The number of rotatable bonds is 12. The minimum atomic E-state index is -0.639. The highest BCUT2D eigenvalue weighted by molar-refractivity contribution is 7.99. The summed E-state index contributed by atoms with van der Waals surface area (Å²) in [5.41, 5.74) is 1.40. The molecule has 0 unspecified atom stereocenters. The maximum absolute atomic E-state index is 12.7. The van der Waals surface area contributed by atoms with Gasteiger partial charge in [-0.25, -0.2) is 9.59 Å². The lowest BCUT2D eigenvalue weighted by Gasteiger charge is -2.10. The number of unbranched alkanes of at least 4 members (excludes halogenated alkanes) is 1. The maximum atomic E-state index is 12.7. The molecule has 37 heavy (non-hydrogen) atoms. The Hall–Kier alpha value is -3.86. The smallest absolute Gasteiger partial charge is 0.337 e. The molecular formula is C26H30N4O6S. The molecular weight excluding hydrogens is 496 g/mol. The van der Waals surface area contributed by atoms with Crippen molar-refractivity contribution < 1.29 is 28.6 Å². The largest absolute Gasteiger partial charge is 0.494 e. The lowest BCUT2D eigenvalue weighted by atomic mass is 10.1.